The molecule has 6 heteroatoms. The summed E-state index contributed by atoms with van der Waals surface area (Å²) < 4.78 is 11.1. The third-order valence-electron chi connectivity index (χ3n) is 7.52. The summed E-state index contributed by atoms with van der Waals surface area (Å²) in [6.45, 7) is 2.00. The van der Waals surface area contributed by atoms with E-state index >= 15 is 0 Å². The molecule has 5 aromatic heterocycles. The number of furan rings is 1. The fourth-order valence-electron chi connectivity index (χ4n) is 5.93. The average Bonchev–Trinajstić information content (AvgIpc) is 3.61. The first-order valence-electron chi connectivity index (χ1n) is 12.9. The molecule has 0 bridgehead atoms. The van der Waals surface area contributed by atoms with Crippen LogP contribution in [0.4, 0.5) is 5.69 Å². The number of nitrogen functional groups attached to an aromatic ring is 1. The fraction of sp³-hybridized carbons (Fsp3) is 0.0303. The molecule has 0 saturated carbocycles. The van der Waals surface area contributed by atoms with E-state index < -0.39 is 0 Å². The summed E-state index contributed by atoms with van der Waals surface area (Å²) in [6.07, 6.45) is 7.70. The van der Waals surface area contributed by atoms with Crippen molar-refractivity contribution in [3.8, 4) is 11.5 Å². The molecule has 0 fully saturated rings. The second kappa shape index (κ2) is 8.07. The number of fused-ring (bicyclic) bond motifs is 9. The molecule has 0 spiro atoms. The molecule has 0 saturated heterocycles. The number of nitrogens with two attached hydrogens (primary N) is 1. The van der Waals surface area contributed by atoms with Gasteiger partial charge in [0.15, 0.2) is 0 Å². The Bertz CT molecular complexity index is 2240. The monoisotopic (exact) mass is 505 g/mol. The summed E-state index contributed by atoms with van der Waals surface area (Å²) in [5.74, 6) is 0.837. The largest absolute Gasteiger partial charge is 0.454 e. The number of allylic oxidation sites excluding steroid dienone is 1. The Morgan fingerprint density at radius 2 is 1.41 bits per heavy atom. The van der Waals surface area contributed by atoms with Gasteiger partial charge in [-0.05, 0) is 73.7 Å². The molecule has 2 N–H and O–H groups in total. The molecule has 0 atom stereocenters. The summed E-state index contributed by atoms with van der Waals surface area (Å²) in [4.78, 5) is 9.43. The number of hydrogen-bond acceptors (Lipinski definition) is 4. The van der Waals surface area contributed by atoms with E-state index in [4.69, 9.17) is 15.1 Å². The molecular weight excluding hydrogens is 482 g/mol. The van der Waals surface area contributed by atoms with Gasteiger partial charge in [0.25, 0.3) is 0 Å². The normalized spacial score (nSPS) is 12.2. The van der Waals surface area contributed by atoms with Crippen molar-refractivity contribution in [2.75, 3.05) is 5.73 Å². The summed E-state index contributed by atoms with van der Waals surface area (Å²) in [5, 5.41) is 3.94. The highest BCUT2D eigenvalue weighted by Crippen LogP contribution is 2.44. The lowest BCUT2D eigenvalue weighted by Crippen LogP contribution is -1.97. The van der Waals surface area contributed by atoms with Crippen molar-refractivity contribution in [2.24, 2.45) is 0 Å². The van der Waals surface area contributed by atoms with Crippen LogP contribution in [0.3, 0.4) is 0 Å². The quantitative estimate of drug-likeness (QED) is 0.264. The highest BCUT2D eigenvalue weighted by atomic mass is 16.3. The topological polar surface area (TPSA) is 74.8 Å². The zero-order valence-electron chi connectivity index (χ0n) is 21.2. The molecule has 0 radical (unpaired) electrons. The number of aromatic nitrogens is 4. The molecule has 6 nitrogen and oxygen atoms in total. The van der Waals surface area contributed by atoms with Crippen molar-refractivity contribution in [3.05, 3.63) is 109 Å². The van der Waals surface area contributed by atoms with Gasteiger partial charge in [-0.1, -0.05) is 30.3 Å². The van der Waals surface area contributed by atoms with Gasteiger partial charge in [-0.15, -0.1) is 0 Å². The van der Waals surface area contributed by atoms with E-state index in [0.29, 0.717) is 5.69 Å². The van der Waals surface area contributed by atoms with Gasteiger partial charge in [0, 0.05) is 28.9 Å². The van der Waals surface area contributed by atoms with E-state index in [-0.39, 0.29) is 0 Å². The highest BCUT2D eigenvalue weighted by molar-refractivity contribution is 6.26. The smallest absolute Gasteiger partial charge is 0.147 e. The SMILES string of the molecule is C/C=C\c1c(N)c2c3oc4c(ccc5c4c4ncccc4n5-c4ccccn4)c3ccc2n1-c1ccccc1. The van der Waals surface area contributed by atoms with Gasteiger partial charge >= 0.3 is 0 Å². The Labute approximate surface area is 223 Å². The lowest BCUT2D eigenvalue weighted by Gasteiger charge is -2.08. The first-order chi connectivity index (χ1) is 19.3. The zero-order valence-corrected chi connectivity index (χ0v) is 21.2. The lowest BCUT2D eigenvalue weighted by atomic mass is 10.1. The van der Waals surface area contributed by atoms with Gasteiger partial charge < -0.3 is 14.7 Å². The average molecular weight is 506 g/mol. The number of nitrogens with zero attached hydrogens (tertiary/aromatic N) is 4. The molecular formula is C33H23N5O. The maximum absolute atomic E-state index is 6.88. The van der Waals surface area contributed by atoms with E-state index in [9.17, 15) is 0 Å². The van der Waals surface area contributed by atoms with Crippen LogP contribution in [0.1, 0.15) is 12.6 Å². The van der Waals surface area contributed by atoms with E-state index in [2.05, 4.69) is 62.7 Å². The predicted molar refractivity (Wildman–Crippen MR) is 160 cm³/mol. The Hall–Kier alpha value is -5.36. The third-order valence-corrected chi connectivity index (χ3v) is 7.52. The molecule has 39 heavy (non-hydrogen) atoms. The Morgan fingerprint density at radius 1 is 0.692 bits per heavy atom. The van der Waals surface area contributed by atoms with Crippen LogP contribution in [-0.4, -0.2) is 19.1 Å². The minimum absolute atomic E-state index is 0.696. The van der Waals surface area contributed by atoms with Crippen LogP contribution in [0, 0.1) is 0 Å². The van der Waals surface area contributed by atoms with Gasteiger partial charge in [-0.3, -0.25) is 9.55 Å². The molecule has 0 aliphatic heterocycles. The van der Waals surface area contributed by atoms with Gasteiger partial charge in [-0.2, -0.15) is 0 Å². The second-order valence-electron chi connectivity index (χ2n) is 9.64. The van der Waals surface area contributed by atoms with Crippen LogP contribution in [0.2, 0.25) is 0 Å². The lowest BCUT2D eigenvalue weighted by molar-refractivity contribution is 0.677. The molecule has 5 heterocycles. The number of anilines is 1. The third kappa shape index (κ3) is 2.91. The first-order valence-corrected chi connectivity index (χ1v) is 12.9. The van der Waals surface area contributed by atoms with E-state index in [1.807, 2.05) is 67.9 Å². The van der Waals surface area contributed by atoms with Crippen LogP contribution in [0.15, 0.2) is 108 Å². The van der Waals surface area contributed by atoms with Crippen LogP contribution >= 0.6 is 0 Å². The highest BCUT2D eigenvalue weighted by Gasteiger charge is 2.23. The Kier molecular flexibility index (Phi) is 4.49. The van der Waals surface area contributed by atoms with Gasteiger partial charge in [0.2, 0.25) is 0 Å². The summed E-state index contributed by atoms with van der Waals surface area (Å²) in [5.41, 5.74) is 15.0. The Morgan fingerprint density at radius 3 is 2.15 bits per heavy atom. The van der Waals surface area contributed by atoms with Gasteiger partial charge in [-0.25, -0.2) is 4.98 Å². The predicted octanol–water partition coefficient (Wildman–Crippen LogP) is 8.03. The van der Waals surface area contributed by atoms with Crippen LogP contribution in [-0.2, 0) is 0 Å². The first kappa shape index (κ1) is 21.7. The number of rotatable bonds is 3. The van der Waals surface area contributed by atoms with Crippen molar-refractivity contribution in [2.45, 2.75) is 6.92 Å². The summed E-state index contributed by atoms with van der Waals surface area (Å²) in [6, 6.07) is 28.8. The standard InChI is InChI=1S/C33H23N5O/c1-2-9-25-30(34)28-23(37(25)20-10-4-3-5-11-20)16-14-21-22-15-17-24-29(33(22)39-32(21)28)31-26(12-8-19-36-31)38(24)27-13-6-7-18-35-27/h2-19H,34H2,1H3/b9-2-. The van der Waals surface area contributed by atoms with Crippen LogP contribution < -0.4 is 5.73 Å². The molecule has 0 aliphatic rings. The van der Waals surface area contributed by atoms with Crippen LogP contribution in [0.5, 0.6) is 0 Å². The van der Waals surface area contributed by atoms with Gasteiger partial charge in [0.1, 0.15) is 22.5 Å². The van der Waals surface area contributed by atoms with Crippen LogP contribution in [0.25, 0.3) is 72.4 Å². The van der Waals surface area contributed by atoms with E-state index in [1.54, 1.807) is 0 Å². The van der Waals surface area contributed by atoms with Gasteiger partial charge in [0.05, 0.1) is 38.7 Å². The number of benzene rings is 3. The van der Waals surface area contributed by atoms with E-state index in [1.165, 1.54) is 0 Å². The zero-order chi connectivity index (χ0) is 26.1. The minimum atomic E-state index is 0.696. The summed E-state index contributed by atoms with van der Waals surface area (Å²) >= 11 is 0. The molecule has 186 valence electrons. The summed E-state index contributed by atoms with van der Waals surface area (Å²) in [7, 11) is 0. The number of para-hydroxylation sites is 1. The fourth-order valence-corrected chi connectivity index (χ4v) is 5.93. The maximum atomic E-state index is 6.88. The molecule has 0 aliphatic carbocycles. The molecule has 0 amide bonds. The van der Waals surface area contributed by atoms with Crippen molar-refractivity contribution in [3.63, 3.8) is 0 Å². The minimum Gasteiger partial charge on any atom is -0.454 e. The van der Waals surface area contributed by atoms with Crippen molar-refractivity contribution >= 4 is 66.5 Å². The molecule has 8 aromatic rings. The number of hydrogen-bond donors (Lipinski definition) is 1. The Balaban J connectivity index is 1.53. The van der Waals surface area contributed by atoms with E-state index in [0.717, 1.165) is 72.0 Å². The molecule has 8 rings (SSSR count). The van der Waals surface area contributed by atoms with Crippen molar-refractivity contribution < 1.29 is 4.42 Å². The second-order valence-corrected chi connectivity index (χ2v) is 9.64. The molecule has 3 aromatic carbocycles. The van der Waals surface area contributed by atoms with Crippen molar-refractivity contribution in [1.29, 1.82) is 0 Å². The number of pyridine rings is 2. The van der Waals surface area contributed by atoms with Crippen molar-refractivity contribution in [1.82, 2.24) is 19.1 Å². The maximum Gasteiger partial charge on any atom is 0.147 e. The molecule has 0 unspecified atom stereocenters.